The van der Waals surface area contributed by atoms with Gasteiger partial charge in [-0.15, -0.1) is 5.10 Å². The number of hydrogen-bond acceptors (Lipinski definition) is 3. The highest BCUT2D eigenvalue weighted by Crippen LogP contribution is 2.41. The van der Waals surface area contributed by atoms with E-state index in [1.165, 1.54) is 31.4 Å². The molecule has 0 aliphatic heterocycles. The molecule has 3 unspecified atom stereocenters. The van der Waals surface area contributed by atoms with Gasteiger partial charge < -0.3 is 5.32 Å². The van der Waals surface area contributed by atoms with Gasteiger partial charge >= 0.3 is 0 Å². The summed E-state index contributed by atoms with van der Waals surface area (Å²) in [6.07, 6.45) is 8.46. The van der Waals surface area contributed by atoms with Crippen LogP contribution in [0.4, 0.5) is 0 Å². The van der Waals surface area contributed by atoms with Gasteiger partial charge in [-0.1, -0.05) is 45.7 Å². The van der Waals surface area contributed by atoms with Gasteiger partial charge in [0.15, 0.2) is 0 Å². The Bertz CT molecular complexity index is 413. The molecule has 1 aromatic rings. The van der Waals surface area contributed by atoms with Crippen LogP contribution in [0.15, 0.2) is 6.20 Å². The smallest absolute Gasteiger partial charge is 0.0728 e. The predicted octanol–water partition coefficient (Wildman–Crippen LogP) is 3.60. The molecule has 0 radical (unpaired) electrons. The second-order valence-electron chi connectivity index (χ2n) is 6.90. The maximum absolute atomic E-state index is 4.31. The van der Waals surface area contributed by atoms with Crippen LogP contribution >= 0.6 is 0 Å². The van der Waals surface area contributed by atoms with Gasteiger partial charge in [-0.05, 0) is 37.6 Å². The first-order chi connectivity index (χ1) is 10.2. The summed E-state index contributed by atoms with van der Waals surface area (Å²) >= 11 is 0. The summed E-state index contributed by atoms with van der Waals surface area (Å²) in [5.74, 6) is 2.22. The summed E-state index contributed by atoms with van der Waals surface area (Å²) in [6.45, 7) is 11.1. The Morgan fingerprint density at radius 1 is 1.33 bits per heavy atom. The minimum Gasteiger partial charge on any atom is -0.314 e. The molecule has 1 saturated carbocycles. The standard InChI is InChI=1S/C17H32N4/c1-5-9-21-17(12-19-20-21)16-10-14(6-2)7-8-15(16)11-18-13(3)4/h12-16,18H,5-11H2,1-4H3. The zero-order valence-corrected chi connectivity index (χ0v) is 14.2. The van der Waals surface area contributed by atoms with Crippen molar-refractivity contribution in [1.82, 2.24) is 20.3 Å². The third kappa shape index (κ3) is 4.29. The lowest BCUT2D eigenvalue weighted by Gasteiger charge is -2.36. The Morgan fingerprint density at radius 3 is 2.81 bits per heavy atom. The summed E-state index contributed by atoms with van der Waals surface area (Å²) in [5, 5.41) is 12.1. The van der Waals surface area contributed by atoms with Crippen molar-refractivity contribution in [1.29, 1.82) is 0 Å². The van der Waals surface area contributed by atoms with E-state index in [0.29, 0.717) is 12.0 Å². The van der Waals surface area contributed by atoms with E-state index in [1.54, 1.807) is 0 Å². The quantitative estimate of drug-likeness (QED) is 0.835. The fraction of sp³-hybridized carbons (Fsp3) is 0.882. The van der Waals surface area contributed by atoms with Gasteiger partial charge in [-0.25, -0.2) is 4.68 Å². The molecule has 0 bridgehead atoms. The number of nitrogens with zero attached hydrogens (tertiary/aromatic N) is 3. The summed E-state index contributed by atoms with van der Waals surface area (Å²) in [5.41, 5.74) is 1.37. The van der Waals surface area contributed by atoms with E-state index in [-0.39, 0.29) is 0 Å². The van der Waals surface area contributed by atoms with E-state index in [1.807, 2.05) is 6.20 Å². The molecule has 0 aromatic carbocycles. The van der Waals surface area contributed by atoms with E-state index < -0.39 is 0 Å². The average Bonchev–Trinajstić information content (AvgIpc) is 2.93. The summed E-state index contributed by atoms with van der Waals surface area (Å²) in [6, 6.07) is 0.563. The minimum absolute atomic E-state index is 0.563. The highest BCUT2D eigenvalue weighted by Gasteiger charge is 2.33. The Balaban J connectivity index is 2.13. The molecule has 1 aromatic heterocycles. The Morgan fingerprint density at radius 2 is 2.14 bits per heavy atom. The first kappa shape index (κ1) is 16.5. The van der Waals surface area contributed by atoms with Crippen molar-refractivity contribution in [2.75, 3.05) is 6.54 Å². The zero-order chi connectivity index (χ0) is 15.2. The summed E-state index contributed by atoms with van der Waals surface area (Å²) < 4.78 is 2.14. The molecule has 1 aliphatic rings. The number of hydrogen-bond donors (Lipinski definition) is 1. The van der Waals surface area contributed by atoms with Crippen molar-refractivity contribution in [2.45, 2.75) is 78.3 Å². The van der Waals surface area contributed by atoms with Gasteiger partial charge in [0.1, 0.15) is 0 Å². The topological polar surface area (TPSA) is 42.7 Å². The van der Waals surface area contributed by atoms with Gasteiger partial charge in [-0.3, -0.25) is 0 Å². The number of rotatable bonds is 7. The van der Waals surface area contributed by atoms with Crippen molar-refractivity contribution in [3.05, 3.63) is 11.9 Å². The molecule has 2 rings (SSSR count). The first-order valence-corrected chi connectivity index (χ1v) is 8.77. The third-order valence-electron chi connectivity index (χ3n) is 4.93. The molecular formula is C17H32N4. The number of aromatic nitrogens is 3. The van der Waals surface area contributed by atoms with Crippen LogP contribution in [0.5, 0.6) is 0 Å². The van der Waals surface area contributed by atoms with E-state index in [0.717, 1.165) is 31.3 Å². The van der Waals surface area contributed by atoms with Crippen molar-refractivity contribution in [3.8, 4) is 0 Å². The molecule has 0 amide bonds. The minimum atomic E-state index is 0.563. The molecule has 3 atom stereocenters. The number of nitrogens with one attached hydrogen (secondary N) is 1. The van der Waals surface area contributed by atoms with E-state index in [4.69, 9.17) is 0 Å². The molecule has 4 heteroatoms. The molecule has 0 saturated heterocycles. The lowest BCUT2D eigenvalue weighted by Crippen LogP contribution is -2.35. The van der Waals surface area contributed by atoms with Crippen LogP contribution < -0.4 is 5.32 Å². The number of aryl methyl sites for hydroxylation is 1. The van der Waals surface area contributed by atoms with E-state index >= 15 is 0 Å². The molecule has 120 valence electrons. The van der Waals surface area contributed by atoms with Crippen LogP contribution in [0.2, 0.25) is 0 Å². The monoisotopic (exact) mass is 292 g/mol. The molecule has 1 N–H and O–H groups in total. The van der Waals surface area contributed by atoms with E-state index in [9.17, 15) is 0 Å². The molecule has 4 nitrogen and oxygen atoms in total. The predicted molar refractivity (Wildman–Crippen MR) is 87.3 cm³/mol. The molecule has 1 aliphatic carbocycles. The maximum Gasteiger partial charge on any atom is 0.0728 e. The molecule has 21 heavy (non-hydrogen) atoms. The summed E-state index contributed by atoms with van der Waals surface area (Å²) in [7, 11) is 0. The largest absolute Gasteiger partial charge is 0.314 e. The molecule has 1 heterocycles. The van der Waals surface area contributed by atoms with Crippen molar-refractivity contribution in [2.24, 2.45) is 11.8 Å². The van der Waals surface area contributed by atoms with Crippen LogP contribution in [-0.4, -0.2) is 27.6 Å². The van der Waals surface area contributed by atoms with Crippen LogP contribution in [0, 0.1) is 11.8 Å². The molecule has 0 spiro atoms. The van der Waals surface area contributed by atoms with Gasteiger partial charge in [0.25, 0.3) is 0 Å². The Labute approximate surface area is 129 Å². The summed E-state index contributed by atoms with van der Waals surface area (Å²) in [4.78, 5) is 0. The van der Waals surface area contributed by atoms with Crippen molar-refractivity contribution in [3.63, 3.8) is 0 Å². The second-order valence-corrected chi connectivity index (χ2v) is 6.90. The average molecular weight is 292 g/mol. The SMILES string of the molecule is CCCn1nncc1C1CC(CC)CCC1CNC(C)C. The van der Waals surface area contributed by atoms with Crippen molar-refractivity contribution < 1.29 is 0 Å². The van der Waals surface area contributed by atoms with Crippen LogP contribution in [0.1, 0.15) is 71.4 Å². The second kappa shape index (κ2) is 7.92. The maximum atomic E-state index is 4.31. The lowest BCUT2D eigenvalue weighted by molar-refractivity contribution is 0.214. The normalized spacial score (nSPS) is 26.4. The van der Waals surface area contributed by atoms with Gasteiger partial charge in [-0.2, -0.15) is 0 Å². The molecule has 1 fully saturated rings. The Hall–Kier alpha value is -0.900. The first-order valence-electron chi connectivity index (χ1n) is 8.77. The Kier molecular flexibility index (Phi) is 6.22. The van der Waals surface area contributed by atoms with Gasteiger partial charge in [0.2, 0.25) is 0 Å². The fourth-order valence-corrected chi connectivity index (χ4v) is 3.62. The third-order valence-corrected chi connectivity index (χ3v) is 4.93. The fourth-order valence-electron chi connectivity index (χ4n) is 3.62. The highest BCUT2D eigenvalue weighted by molar-refractivity contribution is 5.08. The molecular weight excluding hydrogens is 260 g/mol. The van der Waals surface area contributed by atoms with Gasteiger partial charge in [0, 0.05) is 18.5 Å². The van der Waals surface area contributed by atoms with Crippen LogP contribution in [-0.2, 0) is 6.54 Å². The van der Waals surface area contributed by atoms with E-state index in [2.05, 4.69) is 48.0 Å². The highest BCUT2D eigenvalue weighted by atomic mass is 15.4. The van der Waals surface area contributed by atoms with Crippen molar-refractivity contribution >= 4 is 0 Å². The van der Waals surface area contributed by atoms with Crippen LogP contribution in [0.25, 0.3) is 0 Å². The lowest BCUT2D eigenvalue weighted by atomic mass is 9.72. The zero-order valence-electron chi connectivity index (χ0n) is 14.2. The van der Waals surface area contributed by atoms with Crippen LogP contribution in [0.3, 0.4) is 0 Å². The van der Waals surface area contributed by atoms with Gasteiger partial charge in [0.05, 0.1) is 11.9 Å².